The predicted octanol–water partition coefficient (Wildman–Crippen LogP) is 3.05. The molecule has 0 aromatic heterocycles. The topological polar surface area (TPSA) is 46.2 Å². The number of rotatable bonds is 2. The summed E-state index contributed by atoms with van der Waals surface area (Å²) >= 11 is 11.9. The van der Waals surface area contributed by atoms with Crippen molar-refractivity contribution in [1.29, 1.82) is 0 Å². The number of hydrogen-bond donors (Lipinski definition) is 1. The van der Waals surface area contributed by atoms with Gasteiger partial charge in [-0.05, 0) is 24.1 Å². The van der Waals surface area contributed by atoms with Gasteiger partial charge in [-0.25, -0.2) is 0 Å². The van der Waals surface area contributed by atoms with Crippen LogP contribution in [-0.4, -0.2) is 18.1 Å². The highest BCUT2D eigenvalue weighted by Gasteiger charge is 2.29. The van der Waals surface area contributed by atoms with Crippen LogP contribution in [0, 0.1) is 0 Å². The van der Waals surface area contributed by atoms with E-state index in [0.717, 1.165) is 11.3 Å². The van der Waals surface area contributed by atoms with E-state index >= 15 is 0 Å². The lowest BCUT2D eigenvalue weighted by molar-refractivity contribution is -0.136. The third kappa shape index (κ3) is 2.31. The number of ketones is 2. The average molecular weight is 272 g/mol. The normalized spacial score (nSPS) is 18.2. The Morgan fingerprint density at radius 2 is 1.94 bits per heavy atom. The molecule has 1 unspecified atom stereocenters. The highest BCUT2D eigenvalue weighted by atomic mass is 35.5. The molecule has 1 aliphatic rings. The summed E-state index contributed by atoms with van der Waals surface area (Å²) in [6, 6.07) is 3.36. The molecule has 0 bridgehead atoms. The van der Waals surface area contributed by atoms with Gasteiger partial charge in [0.25, 0.3) is 0 Å². The molecule has 0 fully saturated rings. The molecule has 2 rings (SSSR count). The summed E-state index contributed by atoms with van der Waals surface area (Å²) in [7, 11) is 0. The molecule has 0 spiro atoms. The molecule has 0 amide bonds. The molecular weight excluding hydrogens is 261 g/mol. The summed E-state index contributed by atoms with van der Waals surface area (Å²) in [4.78, 5) is 23.0. The fourth-order valence-electron chi connectivity index (χ4n) is 2.03. The van der Waals surface area contributed by atoms with Gasteiger partial charge < -0.3 is 5.32 Å². The van der Waals surface area contributed by atoms with E-state index in [0.29, 0.717) is 23.0 Å². The SMILES string of the molecule is CC(=O)C(=O)C1CCNc2cc(Cl)c(Cl)cc21. The molecule has 1 N–H and O–H groups in total. The minimum Gasteiger partial charge on any atom is -0.385 e. The van der Waals surface area contributed by atoms with Gasteiger partial charge in [0.15, 0.2) is 5.78 Å². The fraction of sp³-hybridized carbons (Fsp3) is 0.333. The Kier molecular flexibility index (Phi) is 3.40. The zero-order chi connectivity index (χ0) is 12.6. The number of halogens is 2. The van der Waals surface area contributed by atoms with E-state index in [2.05, 4.69) is 5.32 Å². The number of carbonyl (C=O) groups excluding carboxylic acids is 2. The number of anilines is 1. The van der Waals surface area contributed by atoms with Crippen molar-refractivity contribution in [3.63, 3.8) is 0 Å². The van der Waals surface area contributed by atoms with Gasteiger partial charge in [-0.15, -0.1) is 0 Å². The molecule has 1 aromatic carbocycles. The predicted molar refractivity (Wildman–Crippen MR) is 68.0 cm³/mol. The average Bonchev–Trinajstić information content (AvgIpc) is 2.29. The molecular formula is C12H11Cl2NO2. The molecule has 0 aliphatic carbocycles. The summed E-state index contributed by atoms with van der Waals surface area (Å²) in [5.74, 6) is -1.20. The van der Waals surface area contributed by atoms with Gasteiger partial charge in [0.05, 0.1) is 16.0 Å². The van der Waals surface area contributed by atoms with Crippen LogP contribution in [0.5, 0.6) is 0 Å². The molecule has 17 heavy (non-hydrogen) atoms. The van der Waals surface area contributed by atoms with Gasteiger partial charge in [0, 0.05) is 19.2 Å². The zero-order valence-electron chi connectivity index (χ0n) is 9.22. The van der Waals surface area contributed by atoms with Crippen molar-refractivity contribution < 1.29 is 9.59 Å². The van der Waals surface area contributed by atoms with E-state index in [1.165, 1.54) is 6.92 Å². The fourth-order valence-corrected chi connectivity index (χ4v) is 2.36. The van der Waals surface area contributed by atoms with Crippen LogP contribution in [0.15, 0.2) is 12.1 Å². The lowest BCUT2D eigenvalue weighted by atomic mass is 9.86. The quantitative estimate of drug-likeness (QED) is 0.841. The van der Waals surface area contributed by atoms with Crippen molar-refractivity contribution in [1.82, 2.24) is 0 Å². The molecule has 5 heteroatoms. The first-order chi connectivity index (χ1) is 8.00. The molecule has 1 heterocycles. The summed E-state index contributed by atoms with van der Waals surface area (Å²) in [5, 5.41) is 3.99. The highest BCUT2D eigenvalue weighted by Crippen LogP contribution is 2.37. The number of carbonyl (C=O) groups is 2. The van der Waals surface area contributed by atoms with E-state index in [9.17, 15) is 9.59 Å². The number of nitrogens with one attached hydrogen (secondary N) is 1. The maximum atomic E-state index is 11.8. The van der Waals surface area contributed by atoms with E-state index in [1.54, 1.807) is 12.1 Å². The summed E-state index contributed by atoms with van der Waals surface area (Å²) in [6.45, 7) is 1.94. The molecule has 0 saturated heterocycles. The molecule has 0 saturated carbocycles. The number of Topliss-reactive ketones (excluding diaryl/α,β-unsaturated/α-hetero) is 2. The van der Waals surface area contributed by atoms with Gasteiger partial charge in [-0.2, -0.15) is 0 Å². The second kappa shape index (κ2) is 4.67. The van der Waals surface area contributed by atoms with Crippen LogP contribution in [0.2, 0.25) is 10.0 Å². The monoisotopic (exact) mass is 271 g/mol. The molecule has 90 valence electrons. The van der Waals surface area contributed by atoms with Crippen LogP contribution >= 0.6 is 23.2 Å². The van der Waals surface area contributed by atoms with E-state index in [-0.39, 0.29) is 5.78 Å². The second-order valence-corrected chi connectivity index (χ2v) is 4.86. The number of hydrogen-bond acceptors (Lipinski definition) is 3. The third-order valence-corrected chi connectivity index (χ3v) is 3.60. The van der Waals surface area contributed by atoms with Gasteiger partial charge in [0.1, 0.15) is 0 Å². The van der Waals surface area contributed by atoms with E-state index in [4.69, 9.17) is 23.2 Å². The van der Waals surface area contributed by atoms with Crippen molar-refractivity contribution in [2.75, 3.05) is 11.9 Å². The van der Waals surface area contributed by atoms with Crippen LogP contribution < -0.4 is 5.32 Å². The highest BCUT2D eigenvalue weighted by molar-refractivity contribution is 6.42. The Bertz CT molecular complexity index is 500. The number of benzene rings is 1. The number of fused-ring (bicyclic) bond motifs is 1. The Labute approximate surface area is 109 Å². The van der Waals surface area contributed by atoms with Crippen LogP contribution in [-0.2, 0) is 9.59 Å². The lowest BCUT2D eigenvalue weighted by Crippen LogP contribution is -2.26. The van der Waals surface area contributed by atoms with Gasteiger partial charge in [-0.1, -0.05) is 23.2 Å². The van der Waals surface area contributed by atoms with E-state index < -0.39 is 11.7 Å². The molecule has 0 radical (unpaired) electrons. The summed E-state index contributed by atoms with van der Waals surface area (Å²) < 4.78 is 0. The maximum absolute atomic E-state index is 11.8. The van der Waals surface area contributed by atoms with Crippen LogP contribution in [0.4, 0.5) is 5.69 Å². The van der Waals surface area contributed by atoms with Crippen molar-refractivity contribution in [2.45, 2.75) is 19.3 Å². The Balaban J connectivity index is 2.47. The Morgan fingerprint density at radius 1 is 1.29 bits per heavy atom. The second-order valence-electron chi connectivity index (χ2n) is 4.04. The minimum absolute atomic E-state index is 0.369. The largest absolute Gasteiger partial charge is 0.385 e. The minimum atomic E-state index is -0.422. The van der Waals surface area contributed by atoms with Crippen molar-refractivity contribution in [2.24, 2.45) is 0 Å². The third-order valence-electron chi connectivity index (χ3n) is 2.88. The van der Waals surface area contributed by atoms with Gasteiger partial charge >= 0.3 is 0 Å². The van der Waals surface area contributed by atoms with E-state index in [1.807, 2.05) is 0 Å². The molecule has 1 aromatic rings. The van der Waals surface area contributed by atoms with Gasteiger partial charge in [0.2, 0.25) is 5.78 Å². The molecule has 1 atom stereocenters. The summed E-state index contributed by atoms with van der Waals surface area (Å²) in [6.07, 6.45) is 0.601. The molecule has 3 nitrogen and oxygen atoms in total. The van der Waals surface area contributed by atoms with Crippen LogP contribution in [0.1, 0.15) is 24.8 Å². The van der Waals surface area contributed by atoms with Crippen molar-refractivity contribution in [3.05, 3.63) is 27.7 Å². The lowest BCUT2D eigenvalue weighted by Gasteiger charge is -2.25. The van der Waals surface area contributed by atoms with Crippen molar-refractivity contribution in [3.8, 4) is 0 Å². The van der Waals surface area contributed by atoms with Crippen LogP contribution in [0.3, 0.4) is 0 Å². The first-order valence-electron chi connectivity index (χ1n) is 5.28. The van der Waals surface area contributed by atoms with Crippen LogP contribution in [0.25, 0.3) is 0 Å². The standard InChI is InChI=1S/C12H11Cl2NO2/c1-6(16)12(17)7-2-3-15-11-5-10(14)9(13)4-8(7)11/h4-5,7,15H,2-3H2,1H3. The smallest absolute Gasteiger partial charge is 0.205 e. The summed E-state index contributed by atoms with van der Waals surface area (Å²) in [5.41, 5.74) is 1.54. The molecule has 1 aliphatic heterocycles. The maximum Gasteiger partial charge on any atom is 0.205 e. The Morgan fingerprint density at radius 3 is 2.59 bits per heavy atom. The van der Waals surface area contributed by atoms with Crippen molar-refractivity contribution >= 4 is 40.5 Å². The van der Waals surface area contributed by atoms with Gasteiger partial charge in [-0.3, -0.25) is 9.59 Å². The first-order valence-corrected chi connectivity index (χ1v) is 6.04. The first kappa shape index (κ1) is 12.4. The zero-order valence-corrected chi connectivity index (χ0v) is 10.7. The Hall–Kier alpha value is -1.06.